The van der Waals surface area contributed by atoms with Gasteiger partial charge in [0, 0.05) is 23.8 Å². The average Bonchev–Trinajstić information content (AvgIpc) is 2.87. The van der Waals surface area contributed by atoms with E-state index in [1.165, 1.54) is 36.4 Å². The van der Waals surface area contributed by atoms with Gasteiger partial charge in [0.15, 0.2) is 0 Å². The van der Waals surface area contributed by atoms with Crippen LogP contribution in [0.4, 0.5) is 27.5 Å². The second-order valence-electron chi connectivity index (χ2n) is 7.54. The molecule has 0 saturated carbocycles. The molecule has 15 nitrogen and oxygen atoms in total. The van der Waals surface area contributed by atoms with Crippen molar-refractivity contribution in [3.63, 3.8) is 0 Å². The van der Waals surface area contributed by atoms with Gasteiger partial charge in [0.05, 0.1) is 26.5 Å². The second kappa shape index (κ2) is 9.94. The normalized spacial score (nSPS) is 14.3. The fraction of sp³-hybridized carbons (Fsp3) is 0. The van der Waals surface area contributed by atoms with Crippen molar-refractivity contribution in [2.75, 3.05) is 4.90 Å². The number of benzene rings is 3. The van der Waals surface area contributed by atoms with Crippen molar-refractivity contribution < 1.29 is 33.9 Å². The summed E-state index contributed by atoms with van der Waals surface area (Å²) in [6.45, 7) is 0. The van der Waals surface area contributed by atoms with E-state index in [9.17, 15) is 44.7 Å². The van der Waals surface area contributed by atoms with E-state index < -0.39 is 55.3 Å². The molecule has 4 rings (SSSR count). The number of barbiturate groups is 1. The Hall–Kier alpha value is -5.99. The first-order valence-electron chi connectivity index (χ1n) is 10.4. The third-order valence-electron chi connectivity index (χ3n) is 5.19. The maximum atomic E-state index is 13.2. The van der Waals surface area contributed by atoms with E-state index in [1.807, 2.05) is 5.32 Å². The molecule has 0 spiro atoms. The molecule has 1 saturated heterocycles. The van der Waals surface area contributed by atoms with Gasteiger partial charge in [-0.2, -0.15) is 0 Å². The highest BCUT2D eigenvalue weighted by atomic mass is 16.6. The predicted octanol–water partition coefficient (Wildman–Crippen LogP) is 3.87. The van der Waals surface area contributed by atoms with Gasteiger partial charge in [-0.1, -0.05) is 24.3 Å². The lowest BCUT2D eigenvalue weighted by atomic mass is 10.1. The zero-order valence-electron chi connectivity index (χ0n) is 18.8. The van der Waals surface area contributed by atoms with Crippen LogP contribution in [0.25, 0.3) is 6.08 Å². The number of nitro groups is 3. The van der Waals surface area contributed by atoms with Crippen LogP contribution in [0, 0.1) is 30.3 Å². The lowest BCUT2D eigenvalue weighted by molar-refractivity contribution is -0.394. The summed E-state index contributed by atoms with van der Waals surface area (Å²) < 4.78 is 5.62. The second-order valence-corrected chi connectivity index (χ2v) is 7.54. The molecule has 1 aliphatic heterocycles. The number of hydrogen-bond acceptors (Lipinski definition) is 10. The Labute approximate surface area is 211 Å². The Balaban J connectivity index is 1.74. The summed E-state index contributed by atoms with van der Waals surface area (Å²) >= 11 is 0. The summed E-state index contributed by atoms with van der Waals surface area (Å²) in [6, 6.07) is 12.1. The van der Waals surface area contributed by atoms with Gasteiger partial charge < -0.3 is 4.74 Å². The minimum atomic E-state index is -1.12. The molecule has 0 aliphatic carbocycles. The largest absolute Gasteiger partial charge is 0.449 e. The van der Waals surface area contributed by atoms with Crippen molar-refractivity contribution in [1.29, 1.82) is 0 Å². The number of carbonyl (C=O) groups excluding carboxylic acids is 3. The number of nitro benzene ring substituents is 3. The van der Waals surface area contributed by atoms with Crippen LogP contribution in [-0.4, -0.2) is 32.6 Å². The minimum absolute atomic E-state index is 0.0589. The number of nitrogens with one attached hydrogen (secondary N) is 1. The minimum Gasteiger partial charge on any atom is -0.449 e. The molecule has 0 unspecified atom stereocenters. The van der Waals surface area contributed by atoms with Crippen LogP contribution >= 0.6 is 0 Å². The topological polar surface area (TPSA) is 205 Å². The Morgan fingerprint density at radius 2 is 1.45 bits per heavy atom. The zero-order valence-corrected chi connectivity index (χ0v) is 18.8. The number of para-hydroxylation sites is 1. The summed E-state index contributed by atoms with van der Waals surface area (Å²) in [7, 11) is 0. The molecule has 38 heavy (non-hydrogen) atoms. The van der Waals surface area contributed by atoms with E-state index in [1.54, 1.807) is 0 Å². The molecular formula is C23H13N5O10. The predicted molar refractivity (Wildman–Crippen MR) is 128 cm³/mol. The number of hydrogen-bond donors (Lipinski definition) is 1. The average molecular weight is 519 g/mol. The molecule has 3 aromatic carbocycles. The van der Waals surface area contributed by atoms with E-state index in [2.05, 4.69) is 0 Å². The number of amides is 4. The van der Waals surface area contributed by atoms with Crippen LogP contribution in [0.1, 0.15) is 5.56 Å². The molecule has 190 valence electrons. The number of nitrogens with zero attached hydrogens (tertiary/aromatic N) is 4. The lowest BCUT2D eigenvalue weighted by Gasteiger charge is -2.26. The molecule has 1 N–H and O–H groups in total. The molecule has 1 aliphatic rings. The first-order valence-corrected chi connectivity index (χ1v) is 10.4. The summed E-state index contributed by atoms with van der Waals surface area (Å²) in [5.41, 5.74) is -2.23. The number of non-ortho nitro benzene ring substituents is 2. The van der Waals surface area contributed by atoms with Crippen molar-refractivity contribution in [3.8, 4) is 11.5 Å². The molecule has 0 radical (unpaired) electrons. The van der Waals surface area contributed by atoms with Crippen molar-refractivity contribution in [2.24, 2.45) is 0 Å². The first kappa shape index (κ1) is 25.1. The summed E-state index contributed by atoms with van der Waals surface area (Å²) in [4.78, 5) is 69.8. The third kappa shape index (κ3) is 4.87. The molecule has 0 atom stereocenters. The van der Waals surface area contributed by atoms with Crippen LogP contribution in [0.5, 0.6) is 11.5 Å². The van der Waals surface area contributed by atoms with Gasteiger partial charge in [-0.25, -0.2) is 9.69 Å². The van der Waals surface area contributed by atoms with Crippen LogP contribution < -0.4 is 15.0 Å². The number of rotatable bonds is 7. The maximum Gasteiger partial charge on any atom is 0.335 e. The SMILES string of the molecule is O=C1NC(=O)N(c2cccc([N+](=O)[O-])c2)C(=O)/C1=C/c1ccccc1Oc1ccc([N+](=O)[O-])cc1[N+](=O)[O-]. The van der Waals surface area contributed by atoms with Crippen LogP contribution in [0.3, 0.4) is 0 Å². The smallest absolute Gasteiger partial charge is 0.335 e. The van der Waals surface area contributed by atoms with E-state index >= 15 is 0 Å². The summed E-state index contributed by atoms with van der Waals surface area (Å²) in [5, 5.41) is 35.5. The Bertz CT molecular complexity index is 1580. The van der Waals surface area contributed by atoms with Gasteiger partial charge in [0.25, 0.3) is 23.2 Å². The molecule has 4 amide bonds. The van der Waals surface area contributed by atoms with Crippen molar-refractivity contribution >= 4 is 46.7 Å². The van der Waals surface area contributed by atoms with Crippen LogP contribution in [0.15, 0.2) is 72.3 Å². The molecular weight excluding hydrogens is 506 g/mol. The number of carbonyl (C=O) groups is 3. The van der Waals surface area contributed by atoms with Gasteiger partial charge >= 0.3 is 11.7 Å². The van der Waals surface area contributed by atoms with Gasteiger partial charge in [-0.3, -0.25) is 45.2 Å². The first-order chi connectivity index (χ1) is 18.1. The van der Waals surface area contributed by atoms with Gasteiger partial charge in [0.1, 0.15) is 11.3 Å². The Morgan fingerprint density at radius 3 is 2.13 bits per heavy atom. The van der Waals surface area contributed by atoms with E-state index in [0.29, 0.717) is 4.90 Å². The Kier molecular flexibility index (Phi) is 6.57. The quantitative estimate of drug-likeness (QED) is 0.206. The molecule has 3 aromatic rings. The van der Waals surface area contributed by atoms with Crippen molar-refractivity contribution in [3.05, 3.63) is 108 Å². The molecule has 0 aromatic heterocycles. The number of imide groups is 2. The van der Waals surface area contributed by atoms with Crippen LogP contribution in [0.2, 0.25) is 0 Å². The molecule has 1 heterocycles. The maximum absolute atomic E-state index is 13.2. The number of urea groups is 1. The van der Waals surface area contributed by atoms with Gasteiger partial charge in [-0.05, 0) is 24.3 Å². The summed E-state index contributed by atoms with van der Waals surface area (Å²) in [5.74, 6) is -2.55. The highest BCUT2D eigenvalue weighted by Gasteiger charge is 2.37. The highest BCUT2D eigenvalue weighted by Crippen LogP contribution is 2.36. The standard InChI is InChI=1S/C23H13N5O10/c29-21-17(22(30)25(23(31)24-21)14-5-3-6-15(11-14)26(32)33)10-13-4-1-2-7-19(13)38-20-9-8-16(27(34)35)12-18(20)28(36)37/h1-12H,(H,24,29,31)/b17-10+. The fourth-order valence-corrected chi connectivity index (χ4v) is 3.45. The molecule has 0 bridgehead atoms. The number of anilines is 1. The highest BCUT2D eigenvalue weighted by molar-refractivity contribution is 6.39. The Morgan fingerprint density at radius 1 is 0.763 bits per heavy atom. The fourth-order valence-electron chi connectivity index (χ4n) is 3.45. The van der Waals surface area contributed by atoms with E-state index in [-0.39, 0.29) is 22.7 Å². The molecule has 15 heteroatoms. The van der Waals surface area contributed by atoms with E-state index in [4.69, 9.17) is 4.74 Å². The summed E-state index contributed by atoms with van der Waals surface area (Å²) in [6.07, 6.45) is 1.07. The van der Waals surface area contributed by atoms with Gasteiger partial charge in [-0.15, -0.1) is 0 Å². The number of ether oxygens (including phenoxy) is 1. The van der Waals surface area contributed by atoms with E-state index in [0.717, 1.165) is 36.4 Å². The van der Waals surface area contributed by atoms with Crippen molar-refractivity contribution in [1.82, 2.24) is 5.32 Å². The monoisotopic (exact) mass is 519 g/mol. The van der Waals surface area contributed by atoms with Crippen molar-refractivity contribution in [2.45, 2.75) is 0 Å². The van der Waals surface area contributed by atoms with Gasteiger partial charge in [0.2, 0.25) is 5.75 Å². The zero-order chi connectivity index (χ0) is 27.6. The molecule has 1 fully saturated rings. The lowest BCUT2D eigenvalue weighted by Crippen LogP contribution is -2.54. The third-order valence-corrected chi connectivity index (χ3v) is 5.19. The van der Waals surface area contributed by atoms with Crippen LogP contribution in [-0.2, 0) is 9.59 Å².